The predicted molar refractivity (Wildman–Crippen MR) is 115 cm³/mol. The highest BCUT2D eigenvalue weighted by molar-refractivity contribution is 9.10. The Labute approximate surface area is 166 Å². The van der Waals surface area contributed by atoms with Gasteiger partial charge >= 0.3 is 0 Å². The fourth-order valence-electron chi connectivity index (χ4n) is 3.36. The van der Waals surface area contributed by atoms with E-state index in [0.717, 1.165) is 45.1 Å². The van der Waals surface area contributed by atoms with E-state index in [0.29, 0.717) is 22.6 Å². The maximum atomic E-state index is 6.02. The van der Waals surface area contributed by atoms with Gasteiger partial charge in [-0.1, -0.05) is 24.3 Å². The number of fused-ring (bicyclic) bond motifs is 2. The second kappa shape index (κ2) is 7.03. The summed E-state index contributed by atoms with van der Waals surface area (Å²) in [5.41, 5.74) is 7.48. The molecule has 4 aromatic rings. The van der Waals surface area contributed by atoms with E-state index in [1.165, 1.54) is 0 Å². The summed E-state index contributed by atoms with van der Waals surface area (Å²) >= 11 is 3.68. The Bertz CT molecular complexity index is 1090. The molecule has 0 fully saturated rings. The van der Waals surface area contributed by atoms with Gasteiger partial charge in [-0.15, -0.1) is 0 Å². The van der Waals surface area contributed by atoms with E-state index in [1.807, 2.05) is 48.5 Å². The third kappa shape index (κ3) is 3.36. The van der Waals surface area contributed by atoms with E-state index in [4.69, 9.17) is 20.1 Å². The third-order valence-corrected chi connectivity index (χ3v) is 5.45. The molecule has 0 atom stereocenters. The first kappa shape index (κ1) is 18.1. The van der Waals surface area contributed by atoms with E-state index < -0.39 is 0 Å². The maximum absolute atomic E-state index is 6.02. The highest BCUT2D eigenvalue weighted by Crippen LogP contribution is 2.36. The number of furan rings is 1. The lowest BCUT2D eigenvalue weighted by atomic mass is 10.2. The smallest absolute Gasteiger partial charge is 0.240 e. The average molecular weight is 426 g/mol. The van der Waals surface area contributed by atoms with Crippen molar-refractivity contribution in [2.24, 2.45) is 5.73 Å². The Morgan fingerprint density at radius 2 is 1.89 bits per heavy atom. The Morgan fingerprint density at radius 3 is 2.67 bits per heavy atom. The molecular formula is C21H22BrN4O+. The van der Waals surface area contributed by atoms with Crippen LogP contribution in [0.1, 0.15) is 6.42 Å². The largest absolute Gasteiger partial charge is 0.453 e. The molecule has 5 nitrogen and oxygen atoms in total. The number of quaternary nitrogens is 1. The van der Waals surface area contributed by atoms with Gasteiger partial charge in [0.25, 0.3) is 0 Å². The Hall–Kier alpha value is -2.28. The number of halogens is 1. The van der Waals surface area contributed by atoms with Crippen LogP contribution in [0.15, 0.2) is 57.4 Å². The number of benzene rings is 2. The van der Waals surface area contributed by atoms with Gasteiger partial charge < -0.3 is 10.2 Å². The number of hydrogen-bond donors (Lipinski definition) is 1. The van der Waals surface area contributed by atoms with Gasteiger partial charge in [0.2, 0.25) is 11.6 Å². The predicted octanol–water partition coefficient (Wildman–Crippen LogP) is 4.72. The summed E-state index contributed by atoms with van der Waals surface area (Å²) in [6.45, 7) is 1.55. The number of hydrogen-bond acceptors (Lipinski definition) is 4. The third-order valence-electron chi connectivity index (χ3n) is 4.79. The topological polar surface area (TPSA) is 64.9 Å². The van der Waals surface area contributed by atoms with Gasteiger partial charge in [0, 0.05) is 16.3 Å². The molecule has 0 amide bonds. The lowest BCUT2D eigenvalue weighted by molar-refractivity contribution is 0.386. The van der Waals surface area contributed by atoms with Crippen molar-refractivity contribution in [3.63, 3.8) is 0 Å². The molecule has 6 heteroatoms. The van der Waals surface area contributed by atoms with Crippen molar-refractivity contribution >= 4 is 43.6 Å². The van der Waals surface area contributed by atoms with Crippen LogP contribution in [0.2, 0.25) is 0 Å². The normalized spacial score (nSPS) is 12.1. The van der Waals surface area contributed by atoms with Crippen molar-refractivity contribution in [1.29, 1.82) is 0 Å². The highest BCUT2D eigenvalue weighted by atomic mass is 79.9. The molecule has 0 saturated heterocycles. The molecule has 0 spiro atoms. The Morgan fingerprint density at radius 1 is 1.07 bits per heavy atom. The summed E-state index contributed by atoms with van der Waals surface area (Å²) in [4.78, 5) is 9.73. The standard InChI is InChI=1S/C21H22BrN4O/c1-26(2,12-6-11-23)21-19-15(22)8-5-9-16(19)24-20(25-21)18-13-14-7-3-4-10-17(14)27-18/h3-5,7-10,13H,6,11-12,23H2,1-2H3/q+1. The van der Waals surface area contributed by atoms with Crippen LogP contribution in [0.3, 0.4) is 0 Å². The van der Waals surface area contributed by atoms with Crippen LogP contribution < -0.4 is 10.2 Å². The second-order valence-corrected chi connectivity index (χ2v) is 8.06. The zero-order chi connectivity index (χ0) is 19.0. The lowest BCUT2D eigenvalue weighted by Gasteiger charge is -2.29. The van der Waals surface area contributed by atoms with E-state index in [1.54, 1.807) is 0 Å². The molecule has 0 aliphatic carbocycles. The molecule has 0 radical (unpaired) electrons. The number of nitrogens with zero attached hydrogens (tertiary/aromatic N) is 3. The molecule has 0 saturated carbocycles. The van der Waals surface area contributed by atoms with Crippen molar-refractivity contribution in [2.75, 3.05) is 27.2 Å². The Balaban J connectivity index is 1.95. The summed E-state index contributed by atoms with van der Waals surface area (Å²) < 4.78 is 7.63. The van der Waals surface area contributed by atoms with Crippen LogP contribution in [0.25, 0.3) is 33.5 Å². The Kier molecular flexibility index (Phi) is 4.72. The quantitative estimate of drug-likeness (QED) is 0.469. The minimum atomic E-state index is 0.603. The maximum Gasteiger partial charge on any atom is 0.240 e. The highest BCUT2D eigenvalue weighted by Gasteiger charge is 2.27. The minimum Gasteiger partial charge on any atom is -0.453 e. The van der Waals surface area contributed by atoms with Crippen LogP contribution in [0, 0.1) is 0 Å². The first-order chi connectivity index (χ1) is 13.0. The van der Waals surface area contributed by atoms with Crippen molar-refractivity contribution in [3.05, 3.63) is 53.0 Å². The van der Waals surface area contributed by atoms with Gasteiger partial charge in [-0.05, 0) is 46.7 Å². The fraction of sp³-hybridized carbons (Fsp3) is 0.238. The zero-order valence-electron chi connectivity index (χ0n) is 15.4. The molecule has 0 aliphatic rings. The van der Waals surface area contributed by atoms with Gasteiger partial charge in [0.1, 0.15) is 5.58 Å². The van der Waals surface area contributed by atoms with E-state index in [2.05, 4.69) is 30.0 Å². The number of rotatable bonds is 5. The van der Waals surface area contributed by atoms with Gasteiger partial charge in [-0.3, -0.25) is 4.48 Å². The van der Waals surface area contributed by atoms with Gasteiger partial charge in [0.15, 0.2) is 5.76 Å². The summed E-state index contributed by atoms with van der Waals surface area (Å²) in [5, 5.41) is 2.07. The molecule has 0 unspecified atom stereocenters. The summed E-state index contributed by atoms with van der Waals surface area (Å²) in [6.07, 6.45) is 0.920. The monoisotopic (exact) mass is 425 g/mol. The van der Waals surface area contributed by atoms with Crippen LogP contribution in [0.5, 0.6) is 0 Å². The lowest BCUT2D eigenvalue weighted by Crippen LogP contribution is -2.43. The van der Waals surface area contributed by atoms with E-state index in [9.17, 15) is 0 Å². The van der Waals surface area contributed by atoms with Crippen molar-refractivity contribution in [2.45, 2.75) is 6.42 Å². The summed E-state index contributed by atoms with van der Waals surface area (Å²) in [5.74, 6) is 2.24. The van der Waals surface area contributed by atoms with Crippen molar-refractivity contribution in [1.82, 2.24) is 14.5 Å². The average Bonchev–Trinajstić information content (AvgIpc) is 3.10. The van der Waals surface area contributed by atoms with Crippen molar-refractivity contribution < 1.29 is 4.42 Å². The number of aromatic nitrogens is 2. The molecule has 138 valence electrons. The molecular weight excluding hydrogens is 404 g/mol. The molecule has 2 heterocycles. The first-order valence-electron chi connectivity index (χ1n) is 8.98. The molecule has 0 aliphatic heterocycles. The van der Waals surface area contributed by atoms with Crippen LogP contribution >= 0.6 is 15.9 Å². The van der Waals surface area contributed by atoms with Gasteiger partial charge in [-0.25, -0.2) is 4.98 Å². The number of nitrogens with two attached hydrogens (primary N) is 1. The molecule has 2 aromatic carbocycles. The summed E-state index contributed by atoms with van der Waals surface area (Å²) in [7, 11) is 4.30. The van der Waals surface area contributed by atoms with E-state index >= 15 is 0 Å². The van der Waals surface area contributed by atoms with Gasteiger partial charge in [0.05, 0.1) is 31.5 Å². The summed E-state index contributed by atoms with van der Waals surface area (Å²) in [6, 6.07) is 16.0. The number of para-hydroxylation sites is 1. The fourth-order valence-corrected chi connectivity index (χ4v) is 3.89. The zero-order valence-corrected chi connectivity index (χ0v) is 17.0. The van der Waals surface area contributed by atoms with Crippen LogP contribution in [0.4, 0.5) is 5.82 Å². The first-order valence-corrected chi connectivity index (χ1v) is 9.78. The SMILES string of the molecule is C[N+](C)(CCCN)c1nc(-c2cc3ccccc3o2)nc2cccc(Br)c12. The van der Waals surface area contributed by atoms with Crippen LogP contribution in [-0.4, -0.2) is 37.2 Å². The molecule has 0 bridgehead atoms. The molecule has 27 heavy (non-hydrogen) atoms. The molecule has 2 aromatic heterocycles. The van der Waals surface area contributed by atoms with E-state index in [-0.39, 0.29) is 0 Å². The minimum absolute atomic E-state index is 0.603. The van der Waals surface area contributed by atoms with Crippen LogP contribution in [-0.2, 0) is 0 Å². The second-order valence-electron chi connectivity index (χ2n) is 7.20. The van der Waals surface area contributed by atoms with Gasteiger partial charge in [-0.2, -0.15) is 4.98 Å². The molecule has 2 N–H and O–H groups in total. The van der Waals surface area contributed by atoms with Crippen molar-refractivity contribution in [3.8, 4) is 11.6 Å². The molecule has 4 rings (SSSR count).